The first-order chi connectivity index (χ1) is 14.4. The van der Waals surface area contributed by atoms with E-state index in [1.54, 1.807) is 26.8 Å². The Bertz CT molecular complexity index is 1010. The van der Waals surface area contributed by atoms with Crippen LogP contribution in [0.3, 0.4) is 0 Å². The van der Waals surface area contributed by atoms with Gasteiger partial charge in [-0.1, -0.05) is 42.5 Å². The van der Waals surface area contributed by atoms with E-state index >= 15 is 0 Å². The Hall–Kier alpha value is -2.68. The van der Waals surface area contributed by atoms with E-state index in [0.29, 0.717) is 5.75 Å². The molecule has 0 bridgehead atoms. The monoisotopic (exact) mass is 447 g/mol. The van der Waals surface area contributed by atoms with Gasteiger partial charge in [0.2, 0.25) is 14.7 Å². The predicted octanol–water partition coefficient (Wildman–Crippen LogP) is 2.93. The number of hydrogen-bond donors (Lipinski definition) is 2. The van der Waals surface area contributed by atoms with Gasteiger partial charge in [-0.15, -0.1) is 0 Å². The van der Waals surface area contributed by atoms with Gasteiger partial charge in [-0.25, -0.2) is 13.2 Å². The maximum absolute atomic E-state index is 13.4. The first-order valence-corrected chi connectivity index (χ1v) is 11.2. The lowest BCUT2D eigenvalue weighted by Gasteiger charge is -2.32. The Morgan fingerprint density at radius 2 is 1.68 bits per heavy atom. The highest BCUT2D eigenvalue weighted by Crippen LogP contribution is 2.30. The predicted molar refractivity (Wildman–Crippen MR) is 119 cm³/mol. The molecule has 0 fully saturated rings. The van der Waals surface area contributed by atoms with Gasteiger partial charge in [0, 0.05) is 6.42 Å². The van der Waals surface area contributed by atoms with Crippen LogP contribution < -0.4 is 10.5 Å². The van der Waals surface area contributed by atoms with Crippen LogP contribution in [-0.2, 0) is 19.4 Å². The zero-order chi connectivity index (χ0) is 23.3. The highest BCUT2D eigenvalue weighted by atomic mass is 32.2. The van der Waals surface area contributed by atoms with Gasteiger partial charge in [-0.3, -0.25) is 0 Å². The summed E-state index contributed by atoms with van der Waals surface area (Å²) in [6.45, 7) is 4.82. The minimum absolute atomic E-state index is 0.180. The molecule has 0 spiro atoms. The first-order valence-electron chi connectivity index (χ1n) is 9.71. The van der Waals surface area contributed by atoms with Crippen molar-refractivity contribution in [1.29, 1.82) is 0 Å². The SMILES string of the molecule is COc1ccc(S(=O)(=O)C(N)(CC(O)C=Cc2ccccc2)C(=O)OC(C)(C)C)cc1. The van der Waals surface area contributed by atoms with Crippen LogP contribution in [-0.4, -0.2) is 43.2 Å². The number of aliphatic hydroxyl groups excluding tert-OH is 1. The molecular formula is C23H29NO6S. The molecular weight excluding hydrogens is 418 g/mol. The average Bonchev–Trinajstić information content (AvgIpc) is 2.71. The van der Waals surface area contributed by atoms with Crippen LogP contribution >= 0.6 is 0 Å². The number of benzene rings is 2. The van der Waals surface area contributed by atoms with Gasteiger partial charge in [0.15, 0.2) is 0 Å². The van der Waals surface area contributed by atoms with Crippen LogP contribution in [0.5, 0.6) is 5.75 Å². The fourth-order valence-corrected chi connectivity index (χ4v) is 4.36. The third-order valence-corrected chi connectivity index (χ3v) is 6.60. The summed E-state index contributed by atoms with van der Waals surface area (Å²) in [7, 11) is -2.97. The van der Waals surface area contributed by atoms with Crippen LogP contribution in [0.2, 0.25) is 0 Å². The zero-order valence-electron chi connectivity index (χ0n) is 18.1. The quantitative estimate of drug-likeness (QED) is 0.598. The third-order valence-electron chi connectivity index (χ3n) is 4.42. The van der Waals surface area contributed by atoms with Crippen molar-refractivity contribution >= 4 is 21.9 Å². The smallest absolute Gasteiger partial charge is 0.343 e. The molecule has 168 valence electrons. The van der Waals surface area contributed by atoms with E-state index in [1.165, 1.54) is 37.5 Å². The van der Waals surface area contributed by atoms with E-state index in [2.05, 4.69) is 0 Å². The van der Waals surface area contributed by atoms with Gasteiger partial charge in [0.05, 0.1) is 18.1 Å². The number of methoxy groups -OCH3 is 1. The number of ether oxygens (including phenoxy) is 2. The maximum Gasteiger partial charge on any atom is 0.343 e. The van der Waals surface area contributed by atoms with Crippen LogP contribution in [0.25, 0.3) is 6.08 Å². The van der Waals surface area contributed by atoms with E-state index in [4.69, 9.17) is 15.2 Å². The highest BCUT2D eigenvalue weighted by Gasteiger charge is 2.51. The van der Waals surface area contributed by atoms with Crippen molar-refractivity contribution in [3.05, 3.63) is 66.2 Å². The number of carbonyl (C=O) groups is 1. The van der Waals surface area contributed by atoms with Crippen LogP contribution in [0, 0.1) is 0 Å². The standard InChI is InChI=1S/C23H29NO6S/c1-22(2,3)30-21(26)23(24,16-18(25)11-10-17-8-6-5-7-9-17)31(27,28)20-14-12-19(29-4)13-15-20/h5-15,18,25H,16,24H2,1-4H3. The van der Waals surface area contributed by atoms with Crippen molar-refractivity contribution in [2.24, 2.45) is 5.73 Å². The number of hydrogen-bond acceptors (Lipinski definition) is 7. The van der Waals surface area contributed by atoms with E-state index in [-0.39, 0.29) is 4.90 Å². The first kappa shape index (κ1) is 24.6. The molecule has 0 heterocycles. The van der Waals surface area contributed by atoms with E-state index < -0.39 is 38.8 Å². The van der Waals surface area contributed by atoms with Gasteiger partial charge in [0.25, 0.3) is 0 Å². The van der Waals surface area contributed by atoms with Gasteiger partial charge >= 0.3 is 5.97 Å². The van der Waals surface area contributed by atoms with Gasteiger partial charge in [-0.2, -0.15) is 0 Å². The summed E-state index contributed by atoms with van der Waals surface area (Å²) >= 11 is 0. The Balaban J connectivity index is 2.42. The van der Waals surface area contributed by atoms with Crippen molar-refractivity contribution in [3.8, 4) is 5.75 Å². The number of sulfone groups is 1. The lowest BCUT2D eigenvalue weighted by Crippen LogP contribution is -2.58. The second-order valence-electron chi connectivity index (χ2n) is 8.11. The maximum atomic E-state index is 13.4. The number of carbonyl (C=O) groups excluding carboxylic acids is 1. The summed E-state index contributed by atoms with van der Waals surface area (Å²) in [5.41, 5.74) is 6.05. The number of rotatable bonds is 8. The molecule has 0 saturated carbocycles. The molecule has 0 aromatic heterocycles. The summed E-state index contributed by atoms with van der Waals surface area (Å²) < 4.78 is 37.1. The van der Waals surface area contributed by atoms with Gasteiger partial charge in [-0.05, 0) is 50.6 Å². The molecule has 0 radical (unpaired) electrons. The van der Waals surface area contributed by atoms with E-state index in [1.807, 2.05) is 30.3 Å². The molecule has 0 aliphatic carbocycles. The molecule has 3 N–H and O–H groups in total. The topological polar surface area (TPSA) is 116 Å². The molecule has 31 heavy (non-hydrogen) atoms. The average molecular weight is 448 g/mol. The summed E-state index contributed by atoms with van der Waals surface area (Å²) in [6, 6.07) is 14.6. The Kier molecular flexibility index (Phi) is 7.64. The number of nitrogens with two attached hydrogens (primary N) is 1. The second kappa shape index (κ2) is 9.64. The van der Waals surface area contributed by atoms with Crippen LogP contribution in [0.1, 0.15) is 32.8 Å². The summed E-state index contributed by atoms with van der Waals surface area (Å²) in [4.78, 5) is 10.3. The highest BCUT2D eigenvalue weighted by molar-refractivity contribution is 7.93. The minimum atomic E-state index is -4.42. The second-order valence-corrected chi connectivity index (χ2v) is 10.3. The fraction of sp³-hybridized carbons (Fsp3) is 0.348. The molecule has 0 amide bonds. The molecule has 0 aliphatic heterocycles. The number of esters is 1. The van der Waals surface area contributed by atoms with E-state index in [9.17, 15) is 18.3 Å². The van der Waals surface area contributed by atoms with Crippen LogP contribution in [0.4, 0.5) is 0 Å². The largest absolute Gasteiger partial charge is 0.497 e. The Morgan fingerprint density at radius 1 is 1.10 bits per heavy atom. The summed E-state index contributed by atoms with van der Waals surface area (Å²) in [5.74, 6) is -0.687. The van der Waals surface area contributed by atoms with Gasteiger partial charge < -0.3 is 20.3 Å². The Morgan fingerprint density at radius 3 is 2.19 bits per heavy atom. The lowest BCUT2D eigenvalue weighted by molar-refractivity contribution is -0.158. The molecule has 2 unspecified atom stereocenters. The van der Waals surface area contributed by atoms with Crippen molar-refractivity contribution in [2.75, 3.05) is 7.11 Å². The van der Waals surface area contributed by atoms with Gasteiger partial charge in [0.1, 0.15) is 11.4 Å². The molecule has 0 saturated heterocycles. The summed E-state index contributed by atoms with van der Waals surface area (Å²) in [6.07, 6.45) is 1.12. The fourth-order valence-electron chi connectivity index (χ4n) is 2.80. The molecule has 2 aromatic carbocycles. The molecule has 7 nitrogen and oxygen atoms in total. The molecule has 0 aliphatic rings. The van der Waals surface area contributed by atoms with Crippen molar-refractivity contribution in [3.63, 3.8) is 0 Å². The van der Waals surface area contributed by atoms with E-state index in [0.717, 1.165) is 5.56 Å². The molecule has 2 atom stereocenters. The zero-order valence-corrected chi connectivity index (χ0v) is 18.9. The van der Waals surface area contributed by atoms with Crippen molar-refractivity contribution in [2.45, 2.75) is 48.7 Å². The molecule has 8 heteroatoms. The van der Waals surface area contributed by atoms with Crippen LogP contribution in [0.15, 0.2) is 65.6 Å². The normalized spacial score (nSPS) is 15.3. The molecule has 2 rings (SSSR count). The minimum Gasteiger partial charge on any atom is -0.497 e. The summed E-state index contributed by atoms with van der Waals surface area (Å²) in [5, 5.41) is 10.5. The third kappa shape index (κ3) is 6.16. The lowest BCUT2D eigenvalue weighted by atomic mass is 10.1. The van der Waals surface area contributed by atoms with Crippen molar-refractivity contribution in [1.82, 2.24) is 0 Å². The van der Waals surface area contributed by atoms with Crippen molar-refractivity contribution < 1.29 is 27.8 Å². The number of aliphatic hydroxyl groups is 1. The Labute approximate surface area is 183 Å². The molecule has 2 aromatic rings.